The van der Waals surface area contributed by atoms with Crippen LogP contribution < -0.4 is 9.47 Å². The molecule has 2 aromatic carbocycles. The summed E-state index contributed by atoms with van der Waals surface area (Å²) in [4.78, 5) is 0. The fraction of sp³-hybridized carbons (Fsp3) is 0.176. The van der Waals surface area contributed by atoms with Gasteiger partial charge in [-0.3, -0.25) is 0 Å². The Balaban J connectivity index is 1.88. The topological polar surface area (TPSA) is 31.6 Å². The van der Waals surface area contributed by atoms with Crippen molar-refractivity contribution in [3.8, 4) is 11.5 Å². The first-order chi connectivity index (χ1) is 9.78. The number of ether oxygens (including phenoxy) is 2. The molecule has 3 heteroatoms. The second-order valence-corrected chi connectivity index (χ2v) is 4.69. The van der Waals surface area contributed by atoms with Gasteiger partial charge in [0.05, 0.1) is 18.8 Å². The summed E-state index contributed by atoms with van der Waals surface area (Å²) in [6.07, 6.45) is 1.73. The molecule has 0 spiro atoms. The highest BCUT2D eigenvalue weighted by molar-refractivity contribution is 5.88. The molecule has 20 heavy (non-hydrogen) atoms. The zero-order valence-corrected chi connectivity index (χ0v) is 11.6. The molecule has 0 atom stereocenters. The van der Waals surface area contributed by atoms with Crippen LogP contribution in [0.5, 0.6) is 11.5 Å². The van der Waals surface area contributed by atoms with E-state index in [0.29, 0.717) is 6.61 Å². The Labute approximate surface area is 117 Å². The van der Waals surface area contributed by atoms with Gasteiger partial charge >= 0.3 is 0 Å². The van der Waals surface area contributed by atoms with Crippen molar-refractivity contribution < 1.29 is 13.9 Å². The molecular formula is C17H16O3. The molecule has 0 bridgehead atoms. The molecule has 1 heterocycles. The molecule has 0 aliphatic rings. The lowest BCUT2D eigenvalue weighted by atomic mass is 10.1. The third-order valence-electron chi connectivity index (χ3n) is 3.26. The van der Waals surface area contributed by atoms with Gasteiger partial charge in [0, 0.05) is 12.1 Å². The molecule has 3 aromatic rings. The molecule has 0 radical (unpaired) electrons. The summed E-state index contributed by atoms with van der Waals surface area (Å²) >= 11 is 0. The van der Waals surface area contributed by atoms with Crippen LogP contribution in [-0.2, 0) is 6.61 Å². The Morgan fingerprint density at radius 2 is 1.90 bits per heavy atom. The van der Waals surface area contributed by atoms with E-state index in [4.69, 9.17) is 13.9 Å². The van der Waals surface area contributed by atoms with Crippen molar-refractivity contribution in [3.05, 3.63) is 59.9 Å². The number of furan rings is 1. The van der Waals surface area contributed by atoms with Crippen molar-refractivity contribution in [3.63, 3.8) is 0 Å². The third-order valence-corrected chi connectivity index (χ3v) is 3.26. The zero-order valence-electron chi connectivity index (χ0n) is 11.6. The van der Waals surface area contributed by atoms with Gasteiger partial charge in [0.25, 0.3) is 0 Å². The Morgan fingerprint density at radius 3 is 2.65 bits per heavy atom. The van der Waals surface area contributed by atoms with Gasteiger partial charge in [0.2, 0.25) is 0 Å². The molecule has 0 fully saturated rings. The number of benzene rings is 2. The highest BCUT2D eigenvalue weighted by Crippen LogP contribution is 2.34. The number of hydrogen-bond donors (Lipinski definition) is 0. The van der Waals surface area contributed by atoms with E-state index in [-0.39, 0.29) is 0 Å². The van der Waals surface area contributed by atoms with E-state index in [9.17, 15) is 0 Å². The van der Waals surface area contributed by atoms with Crippen LogP contribution in [0, 0.1) is 6.92 Å². The predicted molar refractivity (Wildman–Crippen MR) is 78.3 cm³/mol. The minimum Gasteiger partial charge on any atom is -0.496 e. The van der Waals surface area contributed by atoms with Gasteiger partial charge in [-0.2, -0.15) is 0 Å². The van der Waals surface area contributed by atoms with E-state index < -0.39 is 0 Å². The number of fused-ring (bicyclic) bond motifs is 1. The molecule has 0 saturated carbocycles. The summed E-state index contributed by atoms with van der Waals surface area (Å²) in [5.41, 5.74) is 2.97. The normalized spacial score (nSPS) is 10.7. The number of hydrogen-bond acceptors (Lipinski definition) is 3. The standard InChI is InChI=1S/C17H16O3/c1-12-10-20-16-9-14(8-15(18-2)17(12)16)19-11-13-6-4-3-5-7-13/h3-10H,11H2,1-2H3. The van der Waals surface area contributed by atoms with Gasteiger partial charge in [-0.15, -0.1) is 0 Å². The largest absolute Gasteiger partial charge is 0.496 e. The summed E-state index contributed by atoms with van der Waals surface area (Å²) in [5, 5.41) is 1.000. The predicted octanol–water partition coefficient (Wildman–Crippen LogP) is 4.33. The Morgan fingerprint density at radius 1 is 1.10 bits per heavy atom. The number of aryl methyl sites for hydroxylation is 1. The van der Waals surface area contributed by atoms with E-state index in [2.05, 4.69) is 0 Å². The molecule has 0 aliphatic carbocycles. The molecule has 0 unspecified atom stereocenters. The molecule has 1 aromatic heterocycles. The number of rotatable bonds is 4. The van der Waals surface area contributed by atoms with Crippen LogP contribution in [0.25, 0.3) is 11.0 Å². The van der Waals surface area contributed by atoms with Crippen molar-refractivity contribution in [1.82, 2.24) is 0 Å². The summed E-state index contributed by atoms with van der Waals surface area (Å²) < 4.78 is 16.8. The Hall–Kier alpha value is -2.42. The maximum atomic E-state index is 5.81. The van der Waals surface area contributed by atoms with Crippen molar-refractivity contribution in [1.29, 1.82) is 0 Å². The number of methoxy groups -OCH3 is 1. The molecule has 102 valence electrons. The van der Waals surface area contributed by atoms with Gasteiger partial charge < -0.3 is 13.9 Å². The molecule has 3 rings (SSSR count). The van der Waals surface area contributed by atoms with Crippen LogP contribution in [0.3, 0.4) is 0 Å². The molecule has 0 aliphatic heterocycles. The fourth-order valence-electron chi connectivity index (χ4n) is 2.24. The lowest BCUT2D eigenvalue weighted by Gasteiger charge is -2.09. The average molecular weight is 268 g/mol. The third kappa shape index (κ3) is 2.35. The summed E-state index contributed by atoms with van der Waals surface area (Å²) in [7, 11) is 1.65. The lowest BCUT2D eigenvalue weighted by molar-refractivity contribution is 0.304. The van der Waals surface area contributed by atoms with Gasteiger partial charge in [-0.1, -0.05) is 30.3 Å². The molecule has 0 amide bonds. The molecule has 0 N–H and O–H groups in total. The monoisotopic (exact) mass is 268 g/mol. The van der Waals surface area contributed by atoms with Crippen LogP contribution in [0.2, 0.25) is 0 Å². The van der Waals surface area contributed by atoms with E-state index in [0.717, 1.165) is 33.6 Å². The van der Waals surface area contributed by atoms with Crippen LogP contribution in [-0.4, -0.2) is 7.11 Å². The molecule has 3 nitrogen and oxygen atoms in total. The SMILES string of the molecule is COc1cc(OCc2ccccc2)cc2occ(C)c12. The van der Waals surface area contributed by atoms with Gasteiger partial charge in [0.1, 0.15) is 23.7 Å². The van der Waals surface area contributed by atoms with Gasteiger partial charge in [-0.05, 0) is 18.1 Å². The van der Waals surface area contributed by atoms with Crippen molar-refractivity contribution in [2.45, 2.75) is 13.5 Å². The van der Waals surface area contributed by atoms with E-state index in [1.165, 1.54) is 0 Å². The maximum Gasteiger partial charge on any atom is 0.141 e. The summed E-state index contributed by atoms with van der Waals surface area (Å²) in [6, 6.07) is 13.8. The van der Waals surface area contributed by atoms with Crippen LogP contribution in [0.4, 0.5) is 0 Å². The van der Waals surface area contributed by atoms with Crippen molar-refractivity contribution >= 4 is 11.0 Å². The quantitative estimate of drug-likeness (QED) is 0.705. The van der Waals surface area contributed by atoms with Gasteiger partial charge in [0.15, 0.2) is 0 Å². The molecule has 0 saturated heterocycles. The highest BCUT2D eigenvalue weighted by atomic mass is 16.5. The summed E-state index contributed by atoms with van der Waals surface area (Å²) in [5.74, 6) is 1.52. The zero-order chi connectivity index (χ0) is 13.9. The van der Waals surface area contributed by atoms with Crippen LogP contribution in [0.15, 0.2) is 53.1 Å². The first kappa shape index (κ1) is 12.6. The highest BCUT2D eigenvalue weighted by Gasteiger charge is 2.11. The second kappa shape index (κ2) is 5.29. The lowest BCUT2D eigenvalue weighted by Crippen LogP contribution is -1.95. The van der Waals surface area contributed by atoms with Crippen LogP contribution >= 0.6 is 0 Å². The smallest absolute Gasteiger partial charge is 0.141 e. The minimum absolute atomic E-state index is 0.523. The Bertz CT molecular complexity index is 714. The van der Waals surface area contributed by atoms with E-state index in [1.54, 1.807) is 13.4 Å². The first-order valence-corrected chi connectivity index (χ1v) is 6.50. The van der Waals surface area contributed by atoms with E-state index in [1.807, 2.05) is 49.4 Å². The minimum atomic E-state index is 0.523. The van der Waals surface area contributed by atoms with Crippen LogP contribution in [0.1, 0.15) is 11.1 Å². The second-order valence-electron chi connectivity index (χ2n) is 4.69. The van der Waals surface area contributed by atoms with Gasteiger partial charge in [-0.25, -0.2) is 0 Å². The average Bonchev–Trinajstić information content (AvgIpc) is 2.87. The van der Waals surface area contributed by atoms with Crippen molar-refractivity contribution in [2.75, 3.05) is 7.11 Å². The summed E-state index contributed by atoms with van der Waals surface area (Å²) in [6.45, 7) is 2.52. The van der Waals surface area contributed by atoms with Crippen molar-refractivity contribution in [2.24, 2.45) is 0 Å². The fourth-order valence-corrected chi connectivity index (χ4v) is 2.24. The molecular weight excluding hydrogens is 252 g/mol. The maximum absolute atomic E-state index is 5.81. The first-order valence-electron chi connectivity index (χ1n) is 6.50. The van der Waals surface area contributed by atoms with E-state index >= 15 is 0 Å². The Kier molecular flexibility index (Phi) is 3.33.